The molecule has 3 rings (SSSR count). The van der Waals surface area contributed by atoms with E-state index >= 15 is 0 Å². The molecule has 24 heavy (non-hydrogen) atoms. The highest BCUT2D eigenvalue weighted by Gasteiger charge is 2.36. The number of nitrogens with one attached hydrogen (secondary N) is 2. The third kappa shape index (κ3) is 3.14. The number of likely N-dealkylation sites (N-methyl/N-ethyl adjacent to an activating group) is 1. The molecule has 0 radical (unpaired) electrons. The van der Waals surface area contributed by atoms with Crippen LogP contribution in [-0.2, 0) is 11.2 Å². The fraction of sp³-hybridized carbons (Fsp3) is 0.562. The summed E-state index contributed by atoms with van der Waals surface area (Å²) in [6, 6.07) is 3.67. The third-order valence-electron chi connectivity index (χ3n) is 4.90. The normalized spacial score (nSPS) is 21.8. The van der Waals surface area contributed by atoms with E-state index in [1.165, 1.54) is 0 Å². The summed E-state index contributed by atoms with van der Waals surface area (Å²) in [5.41, 5.74) is 2.66. The summed E-state index contributed by atoms with van der Waals surface area (Å²) in [5.74, 6) is -0.823. The Morgan fingerprint density at radius 3 is 2.88 bits per heavy atom. The van der Waals surface area contributed by atoms with Crippen LogP contribution in [0.4, 0.5) is 17.1 Å². The Morgan fingerprint density at radius 2 is 2.25 bits per heavy atom. The number of nitrogens with zero attached hydrogens (tertiary/aromatic N) is 2. The van der Waals surface area contributed by atoms with Gasteiger partial charge in [0.2, 0.25) is 0 Å². The van der Waals surface area contributed by atoms with Gasteiger partial charge >= 0.3 is 5.97 Å². The molecule has 0 bridgehead atoms. The Balaban J connectivity index is 1.69. The van der Waals surface area contributed by atoms with Crippen LogP contribution in [0.1, 0.15) is 25.3 Å². The topological polar surface area (TPSA) is 108 Å². The van der Waals surface area contributed by atoms with E-state index in [-0.39, 0.29) is 29.2 Å². The van der Waals surface area contributed by atoms with Crippen molar-refractivity contribution in [3.8, 4) is 0 Å². The Hall–Kier alpha value is -2.35. The fourth-order valence-electron chi connectivity index (χ4n) is 3.58. The number of anilines is 2. The lowest BCUT2D eigenvalue weighted by Gasteiger charge is -2.42. The minimum absolute atomic E-state index is 0.0404. The molecule has 3 N–H and O–H groups in total. The summed E-state index contributed by atoms with van der Waals surface area (Å²) in [4.78, 5) is 23.8. The number of rotatable bonds is 7. The average molecular weight is 334 g/mol. The molecule has 1 aromatic rings. The van der Waals surface area contributed by atoms with E-state index < -0.39 is 5.97 Å². The van der Waals surface area contributed by atoms with Gasteiger partial charge in [-0.3, -0.25) is 19.8 Å². The molecular weight excluding hydrogens is 312 g/mol. The standard InChI is InChI=1S/C16H22N4O4/c1-2-19(9-15(21)22)11-7-10(8-11)18-16-12-5-6-17-13(12)3-4-14(16)20(23)24/h3-4,10-11,17-18H,2,5-9H2,1H3,(H,21,22). The maximum absolute atomic E-state index is 11.3. The molecule has 0 atom stereocenters. The molecule has 130 valence electrons. The molecule has 8 nitrogen and oxygen atoms in total. The minimum atomic E-state index is -0.823. The Labute approximate surface area is 140 Å². The summed E-state index contributed by atoms with van der Waals surface area (Å²) >= 11 is 0. The van der Waals surface area contributed by atoms with E-state index in [0.717, 1.165) is 37.1 Å². The monoisotopic (exact) mass is 334 g/mol. The highest BCUT2D eigenvalue weighted by Crippen LogP contribution is 2.39. The molecule has 0 unspecified atom stereocenters. The first-order chi connectivity index (χ1) is 11.5. The number of carboxylic acid groups (broad SMARTS) is 1. The fourth-order valence-corrected chi connectivity index (χ4v) is 3.58. The van der Waals surface area contributed by atoms with Gasteiger partial charge in [0, 0.05) is 35.9 Å². The van der Waals surface area contributed by atoms with Crippen molar-refractivity contribution in [1.29, 1.82) is 0 Å². The summed E-state index contributed by atoms with van der Waals surface area (Å²) < 4.78 is 0. The van der Waals surface area contributed by atoms with Crippen molar-refractivity contribution in [1.82, 2.24) is 4.90 Å². The van der Waals surface area contributed by atoms with Crippen molar-refractivity contribution in [2.24, 2.45) is 0 Å². The number of hydrogen-bond donors (Lipinski definition) is 3. The van der Waals surface area contributed by atoms with E-state index in [1.54, 1.807) is 12.1 Å². The van der Waals surface area contributed by atoms with Crippen LogP contribution in [0.25, 0.3) is 0 Å². The summed E-state index contributed by atoms with van der Waals surface area (Å²) in [7, 11) is 0. The Bertz CT molecular complexity index is 658. The van der Waals surface area contributed by atoms with Gasteiger partial charge in [-0.15, -0.1) is 0 Å². The molecule has 8 heteroatoms. The second-order valence-corrected chi connectivity index (χ2v) is 6.34. The molecule has 0 amide bonds. The molecule has 0 spiro atoms. The van der Waals surface area contributed by atoms with Crippen molar-refractivity contribution < 1.29 is 14.8 Å². The van der Waals surface area contributed by atoms with Crippen LogP contribution in [0.3, 0.4) is 0 Å². The number of nitro benzene ring substituents is 1. The summed E-state index contributed by atoms with van der Waals surface area (Å²) in [6.07, 6.45) is 2.38. The third-order valence-corrected chi connectivity index (χ3v) is 4.90. The molecular formula is C16H22N4O4. The molecule has 1 heterocycles. The van der Waals surface area contributed by atoms with Gasteiger partial charge in [-0.05, 0) is 31.9 Å². The summed E-state index contributed by atoms with van der Waals surface area (Å²) in [5, 5.41) is 26.8. The summed E-state index contributed by atoms with van der Waals surface area (Å²) in [6.45, 7) is 3.47. The predicted molar refractivity (Wildman–Crippen MR) is 90.6 cm³/mol. The van der Waals surface area contributed by atoms with E-state index in [0.29, 0.717) is 12.2 Å². The number of aliphatic carboxylic acids is 1. The SMILES string of the molecule is CCN(CC(=O)O)C1CC(Nc2c([N+](=O)[O-])ccc3c2CCN3)C1. The Morgan fingerprint density at radius 1 is 1.50 bits per heavy atom. The Kier molecular flexibility index (Phi) is 4.57. The van der Waals surface area contributed by atoms with E-state index in [9.17, 15) is 14.9 Å². The van der Waals surface area contributed by atoms with E-state index in [2.05, 4.69) is 10.6 Å². The predicted octanol–water partition coefficient (Wildman–Crippen LogP) is 1.91. The van der Waals surface area contributed by atoms with Gasteiger partial charge in [0.05, 0.1) is 11.5 Å². The van der Waals surface area contributed by atoms with Gasteiger partial charge in [0.25, 0.3) is 5.69 Å². The largest absolute Gasteiger partial charge is 0.480 e. The maximum atomic E-state index is 11.3. The molecule has 1 aliphatic carbocycles. The molecule has 1 aliphatic heterocycles. The number of fused-ring (bicyclic) bond motifs is 1. The number of nitro groups is 1. The number of hydrogen-bond acceptors (Lipinski definition) is 6. The lowest BCUT2D eigenvalue weighted by atomic mass is 9.85. The van der Waals surface area contributed by atoms with Crippen LogP contribution < -0.4 is 10.6 Å². The second kappa shape index (κ2) is 6.64. The maximum Gasteiger partial charge on any atom is 0.317 e. The van der Waals surface area contributed by atoms with Crippen LogP contribution in [0.5, 0.6) is 0 Å². The van der Waals surface area contributed by atoms with Gasteiger partial charge in [-0.2, -0.15) is 0 Å². The molecule has 2 aliphatic rings. The van der Waals surface area contributed by atoms with E-state index in [1.807, 2.05) is 11.8 Å². The lowest BCUT2D eigenvalue weighted by Crippen LogP contribution is -2.51. The van der Waals surface area contributed by atoms with Gasteiger partial charge in [0.1, 0.15) is 5.69 Å². The highest BCUT2D eigenvalue weighted by atomic mass is 16.6. The zero-order valence-electron chi connectivity index (χ0n) is 13.6. The number of benzene rings is 1. The van der Waals surface area contributed by atoms with Gasteiger partial charge in [-0.1, -0.05) is 6.92 Å². The van der Waals surface area contributed by atoms with Gasteiger partial charge in [-0.25, -0.2) is 0 Å². The number of carboxylic acids is 1. The van der Waals surface area contributed by atoms with Crippen molar-refractivity contribution in [2.75, 3.05) is 30.3 Å². The first-order valence-electron chi connectivity index (χ1n) is 8.26. The van der Waals surface area contributed by atoms with Crippen LogP contribution >= 0.6 is 0 Å². The first-order valence-corrected chi connectivity index (χ1v) is 8.26. The highest BCUT2D eigenvalue weighted by molar-refractivity contribution is 5.77. The quantitative estimate of drug-likeness (QED) is 0.516. The first kappa shape index (κ1) is 16.5. The molecule has 1 fully saturated rings. The van der Waals surface area contributed by atoms with Crippen LogP contribution in [0.2, 0.25) is 0 Å². The molecule has 0 aromatic heterocycles. The lowest BCUT2D eigenvalue weighted by molar-refractivity contribution is -0.384. The van der Waals surface area contributed by atoms with Crippen molar-refractivity contribution in [3.63, 3.8) is 0 Å². The van der Waals surface area contributed by atoms with Crippen molar-refractivity contribution >= 4 is 23.0 Å². The molecule has 0 saturated heterocycles. The van der Waals surface area contributed by atoms with Crippen molar-refractivity contribution in [2.45, 2.75) is 38.3 Å². The molecule has 1 saturated carbocycles. The second-order valence-electron chi connectivity index (χ2n) is 6.34. The van der Waals surface area contributed by atoms with Crippen LogP contribution in [-0.4, -0.2) is 52.6 Å². The van der Waals surface area contributed by atoms with Crippen LogP contribution in [0.15, 0.2) is 12.1 Å². The van der Waals surface area contributed by atoms with E-state index in [4.69, 9.17) is 5.11 Å². The van der Waals surface area contributed by atoms with Gasteiger partial charge < -0.3 is 15.7 Å². The van der Waals surface area contributed by atoms with Gasteiger partial charge in [0.15, 0.2) is 0 Å². The minimum Gasteiger partial charge on any atom is -0.480 e. The molecule has 1 aromatic carbocycles. The zero-order valence-corrected chi connectivity index (χ0v) is 13.6. The number of carbonyl (C=O) groups is 1. The van der Waals surface area contributed by atoms with Crippen LogP contribution in [0, 0.1) is 10.1 Å². The zero-order chi connectivity index (χ0) is 17.3. The van der Waals surface area contributed by atoms with Crippen molar-refractivity contribution in [3.05, 3.63) is 27.8 Å². The smallest absolute Gasteiger partial charge is 0.317 e. The average Bonchev–Trinajstić information content (AvgIpc) is 2.96.